The van der Waals surface area contributed by atoms with Gasteiger partial charge in [-0.25, -0.2) is 0 Å². The lowest BCUT2D eigenvalue weighted by Crippen LogP contribution is -2.61. The second-order valence-electron chi connectivity index (χ2n) is 4.43. The summed E-state index contributed by atoms with van der Waals surface area (Å²) in [5.74, 6) is 0.937. The van der Waals surface area contributed by atoms with Gasteiger partial charge in [-0.1, -0.05) is 13.0 Å². The summed E-state index contributed by atoms with van der Waals surface area (Å²) in [4.78, 5) is 0. The van der Waals surface area contributed by atoms with Crippen LogP contribution in [0.2, 0.25) is 0 Å². The first-order valence-corrected chi connectivity index (χ1v) is 7.59. The normalized spacial score (nSPS) is 26.7. The van der Waals surface area contributed by atoms with Gasteiger partial charge in [0.1, 0.15) is 18.0 Å². The van der Waals surface area contributed by atoms with Crippen LogP contribution in [0.25, 0.3) is 0 Å². The molecule has 18 heavy (non-hydrogen) atoms. The van der Waals surface area contributed by atoms with Crippen LogP contribution in [0.15, 0.2) is 24.3 Å². The molecule has 0 amide bonds. The van der Waals surface area contributed by atoms with Gasteiger partial charge in [0.2, 0.25) is 0 Å². The van der Waals surface area contributed by atoms with E-state index in [-0.39, 0.29) is 12.2 Å². The van der Waals surface area contributed by atoms with Crippen molar-refractivity contribution >= 4 is 22.6 Å². The number of nitrogens with one attached hydrogen (secondary N) is 1. The van der Waals surface area contributed by atoms with Gasteiger partial charge in [-0.05, 0) is 54.3 Å². The Bertz CT molecular complexity index is 386. The lowest BCUT2D eigenvalue weighted by Gasteiger charge is -2.44. The minimum Gasteiger partial charge on any atom is -0.488 e. The summed E-state index contributed by atoms with van der Waals surface area (Å²) >= 11 is 2.30. The van der Waals surface area contributed by atoms with Crippen LogP contribution in [0.5, 0.6) is 5.75 Å². The maximum atomic E-state index is 6.00. The van der Waals surface area contributed by atoms with E-state index < -0.39 is 0 Å². The van der Waals surface area contributed by atoms with Crippen LogP contribution in [0.4, 0.5) is 0 Å². The number of rotatable bonds is 6. The molecule has 1 N–H and O–H groups in total. The number of halogens is 1. The number of ether oxygens (including phenoxy) is 2. The fraction of sp³-hybridized carbons (Fsp3) is 0.571. The molecule has 3 atom stereocenters. The van der Waals surface area contributed by atoms with Crippen molar-refractivity contribution in [3.8, 4) is 5.75 Å². The molecule has 100 valence electrons. The summed E-state index contributed by atoms with van der Waals surface area (Å²) in [6.45, 7) is 5.86. The zero-order chi connectivity index (χ0) is 13.0. The van der Waals surface area contributed by atoms with E-state index in [0.29, 0.717) is 6.04 Å². The minimum absolute atomic E-state index is 0.173. The molecule has 3 nitrogen and oxygen atoms in total. The third kappa shape index (κ3) is 3.36. The molecule has 0 radical (unpaired) electrons. The van der Waals surface area contributed by atoms with Crippen molar-refractivity contribution in [3.63, 3.8) is 0 Å². The number of benzene rings is 1. The van der Waals surface area contributed by atoms with E-state index >= 15 is 0 Å². The lowest BCUT2D eigenvalue weighted by molar-refractivity contribution is -0.104. The standard InChI is InChI=1S/C14H20INO2/c1-3-16-12-9-13(14(12)17-4-2)18-11-7-5-6-10(15)8-11/h5-8,12-14,16H,3-4,9H2,1-2H3. The zero-order valence-electron chi connectivity index (χ0n) is 10.9. The molecule has 4 heteroatoms. The van der Waals surface area contributed by atoms with E-state index in [4.69, 9.17) is 9.47 Å². The number of likely N-dealkylation sites (N-methyl/N-ethyl adjacent to an activating group) is 1. The zero-order valence-corrected chi connectivity index (χ0v) is 13.0. The third-order valence-corrected chi connectivity index (χ3v) is 3.83. The van der Waals surface area contributed by atoms with E-state index in [9.17, 15) is 0 Å². The molecule has 1 aromatic carbocycles. The van der Waals surface area contributed by atoms with Crippen LogP contribution in [-0.4, -0.2) is 31.4 Å². The van der Waals surface area contributed by atoms with Crippen LogP contribution in [0, 0.1) is 3.57 Å². The van der Waals surface area contributed by atoms with Gasteiger partial charge >= 0.3 is 0 Å². The molecule has 1 saturated carbocycles. The number of hydrogen-bond acceptors (Lipinski definition) is 3. The second-order valence-corrected chi connectivity index (χ2v) is 5.68. The predicted octanol–water partition coefficient (Wildman–Crippen LogP) is 2.83. The molecular weight excluding hydrogens is 341 g/mol. The smallest absolute Gasteiger partial charge is 0.128 e. The Morgan fingerprint density at radius 1 is 1.39 bits per heavy atom. The summed E-state index contributed by atoms with van der Waals surface area (Å²) in [6.07, 6.45) is 1.37. The highest BCUT2D eigenvalue weighted by Gasteiger charge is 2.43. The van der Waals surface area contributed by atoms with Gasteiger partial charge in [0, 0.05) is 22.6 Å². The second kappa shape index (κ2) is 6.73. The molecule has 0 spiro atoms. The Kier molecular flexibility index (Phi) is 5.26. The van der Waals surface area contributed by atoms with Crippen molar-refractivity contribution in [2.24, 2.45) is 0 Å². The maximum Gasteiger partial charge on any atom is 0.128 e. The SMILES string of the molecule is CCNC1CC(Oc2cccc(I)c2)C1OCC. The molecule has 0 aromatic heterocycles. The summed E-state index contributed by atoms with van der Waals surface area (Å²) in [5, 5.41) is 3.44. The molecular formula is C14H20INO2. The first-order chi connectivity index (χ1) is 8.74. The molecule has 3 unspecified atom stereocenters. The molecule has 2 rings (SSSR count). The van der Waals surface area contributed by atoms with Gasteiger partial charge < -0.3 is 14.8 Å². The average Bonchev–Trinajstić information content (AvgIpc) is 2.35. The summed E-state index contributed by atoms with van der Waals surface area (Å²) in [6, 6.07) is 8.58. The quantitative estimate of drug-likeness (QED) is 0.791. The van der Waals surface area contributed by atoms with Crippen LogP contribution in [0.1, 0.15) is 20.3 Å². The van der Waals surface area contributed by atoms with Gasteiger partial charge in [0.15, 0.2) is 0 Å². The van der Waals surface area contributed by atoms with E-state index in [1.807, 2.05) is 19.1 Å². The fourth-order valence-corrected chi connectivity index (χ4v) is 2.80. The first-order valence-electron chi connectivity index (χ1n) is 6.51. The van der Waals surface area contributed by atoms with E-state index in [1.165, 1.54) is 3.57 Å². The van der Waals surface area contributed by atoms with Gasteiger partial charge in [-0.2, -0.15) is 0 Å². The minimum atomic E-state index is 0.173. The maximum absolute atomic E-state index is 6.00. The summed E-state index contributed by atoms with van der Waals surface area (Å²) < 4.78 is 13.0. The third-order valence-electron chi connectivity index (χ3n) is 3.16. The average molecular weight is 361 g/mol. The van der Waals surface area contributed by atoms with Gasteiger partial charge in [0.25, 0.3) is 0 Å². The fourth-order valence-electron chi connectivity index (χ4n) is 2.29. The lowest BCUT2D eigenvalue weighted by atomic mass is 9.85. The van der Waals surface area contributed by atoms with Gasteiger partial charge in [0.05, 0.1) is 0 Å². The van der Waals surface area contributed by atoms with Crippen molar-refractivity contribution in [2.45, 2.75) is 38.5 Å². The number of hydrogen-bond donors (Lipinski definition) is 1. The monoisotopic (exact) mass is 361 g/mol. The van der Waals surface area contributed by atoms with Crippen LogP contribution >= 0.6 is 22.6 Å². The van der Waals surface area contributed by atoms with E-state index in [2.05, 4.69) is 47.0 Å². The summed E-state index contributed by atoms with van der Waals surface area (Å²) in [5.41, 5.74) is 0. The largest absolute Gasteiger partial charge is 0.488 e. The highest BCUT2D eigenvalue weighted by atomic mass is 127. The van der Waals surface area contributed by atoms with Crippen LogP contribution in [0.3, 0.4) is 0 Å². The molecule has 1 aromatic rings. The molecule has 0 heterocycles. The molecule has 1 fully saturated rings. The van der Waals surface area contributed by atoms with Crippen LogP contribution < -0.4 is 10.1 Å². The van der Waals surface area contributed by atoms with Gasteiger partial charge in [-0.3, -0.25) is 0 Å². The Labute approximate surface area is 122 Å². The molecule has 0 aliphatic heterocycles. The molecule has 1 aliphatic rings. The first kappa shape index (κ1) is 14.1. The Hall–Kier alpha value is -0.330. The van der Waals surface area contributed by atoms with Crippen molar-refractivity contribution < 1.29 is 9.47 Å². The topological polar surface area (TPSA) is 30.5 Å². The highest BCUT2D eigenvalue weighted by Crippen LogP contribution is 2.29. The predicted molar refractivity (Wildman–Crippen MR) is 81.1 cm³/mol. The van der Waals surface area contributed by atoms with Crippen molar-refractivity contribution in [2.75, 3.05) is 13.2 Å². The van der Waals surface area contributed by atoms with Crippen molar-refractivity contribution in [1.82, 2.24) is 5.32 Å². The van der Waals surface area contributed by atoms with Gasteiger partial charge in [-0.15, -0.1) is 0 Å². The van der Waals surface area contributed by atoms with Crippen LogP contribution in [-0.2, 0) is 4.74 Å². The Morgan fingerprint density at radius 2 is 2.22 bits per heavy atom. The Balaban J connectivity index is 1.93. The van der Waals surface area contributed by atoms with Crippen molar-refractivity contribution in [1.29, 1.82) is 0 Å². The Morgan fingerprint density at radius 3 is 2.89 bits per heavy atom. The highest BCUT2D eigenvalue weighted by molar-refractivity contribution is 14.1. The summed E-state index contributed by atoms with van der Waals surface area (Å²) in [7, 11) is 0. The van der Waals surface area contributed by atoms with E-state index in [1.54, 1.807) is 0 Å². The molecule has 0 saturated heterocycles. The van der Waals surface area contributed by atoms with E-state index in [0.717, 1.165) is 25.3 Å². The molecule has 1 aliphatic carbocycles. The van der Waals surface area contributed by atoms with Crippen molar-refractivity contribution in [3.05, 3.63) is 27.8 Å². The molecule has 0 bridgehead atoms.